The second kappa shape index (κ2) is 6.68. The number of fused-ring (bicyclic) bond motifs is 2. The van der Waals surface area contributed by atoms with Gasteiger partial charge < -0.3 is 5.32 Å². The molecule has 0 heterocycles. The molecular formula is C20H29N. The van der Waals surface area contributed by atoms with E-state index in [1.165, 1.54) is 49.8 Å². The van der Waals surface area contributed by atoms with Crippen LogP contribution in [-0.4, -0.2) is 6.04 Å². The van der Waals surface area contributed by atoms with Crippen LogP contribution in [0.15, 0.2) is 36.4 Å². The minimum atomic E-state index is 0.580. The van der Waals surface area contributed by atoms with Crippen LogP contribution in [0, 0.1) is 17.8 Å². The summed E-state index contributed by atoms with van der Waals surface area (Å²) < 4.78 is 0. The Labute approximate surface area is 129 Å². The van der Waals surface area contributed by atoms with E-state index < -0.39 is 0 Å². The maximum Gasteiger partial charge on any atom is 0.0342 e. The molecule has 0 radical (unpaired) electrons. The smallest absolute Gasteiger partial charge is 0.0342 e. The largest absolute Gasteiger partial charge is 0.382 e. The molecule has 2 aliphatic carbocycles. The molecule has 1 aromatic carbocycles. The molecule has 0 aromatic heterocycles. The Kier molecular flexibility index (Phi) is 4.67. The highest BCUT2D eigenvalue weighted by atomic mass is 14.9. The van der Waals surface area contributed by atoms with Crippen molar-refractivity contribution in [1.82, 2.24) is 0 Å². The Balaban J connectivity index is 1.51. The average molecular weight is 283 g/mol. The molecule has 4 atom stereocenters. The summed E-state index contributed by atoms with van der Waals surface area (Å²) in [5, 5.41) is 3.73. The summed E-state index contributed by atoms with van der Waals surface area (Å²) >= 11 is 0. The maximum atomic E-state index is 3.73. The number of anilines is 1. The van der Waals surface area contributed by atoms with Crippen LogP contribution >= 0.6 is 0 Å². The molecule has 1 fully saturated rings. The number of allylic oxidation sites excluding steroid dienone is 2. The van der Waals surface area contributed by atoms with Gasteiger partial charge in [-0.25, -0.2) is 0 Å². The molecule has 0 spiro atoms. The first-order chi connectivity index (χ1) is 10.3. The van der Waals surface area contributed by atoms with Crippen molar-refractivity contribution < 1.29 is 0 Å². The van der Waals surface area contributed by atoms with E-state index in [9.17, 15) is 0 Å². The summed E-state index contributed by atoms with van der Waals surface area (Å²) in [6.45, 7) is 4.62. The van der Waals surface area contributed by atoms with Gasteiger partial charge in [-0.3, -0.25) is 0 Å². The lowest BCUT2D eigenvalue weighted by atomic mass is 9.87. The van der Waals surface area contributed by atoms with Crippen molar-refractivity contribution in [3.05, 3.63) is 42.0 Å². The zero-order chi connectivity index (χ0) is 14.7. The molecule has 1 N–H and O–H groups in total. The second-order valence-electron chi connectivity index (χ2n) is 7.03. The zero-order valence-corrected chi connectivity index (χ0v) is 13.5. The third-order valence-corrected chi connectivity index (χ3v) is 5.39. The van der Waals surface area contributed by atoms with Crippen LogP contribution in [0.4, 0.5) is 5.69 Å². The third kappa shape index (κ3) is 3.51. The van der Waals surface area contributed by atoms with Gasteiger partial charge in [-0.1, -0.05) is 44.1 Å². The predicted molar refractivity (Wildman–Crippen MR) is 91.6 cm³/mol. The van der Waals surface area contributed by atoms with Crippen LogP contribution in [0.25, 0.3) is 0 Å². The summed E-state index contributed by atoms with van der Waals surface area (Å²) in [6, 6.07) is 9.70. The number of hydrogen-bond acceptors (Lipinski definition) is 1. The van der Waals surface area contributed by atoms with Gasteiger partial charge in [-0.05, 0) is 68.1 Å². The number of hydrogen-bond donors (Lipinski definition) is 1. The van der Waals surface area contributed by atoms with Gasteiger partial charge in [0.2, 0.25) is 0 Å². The molecule has 114 valence electrons. The van der Waals surface area contributed by atoms with E-state index >= 15 is 0 Å². The highest BCUT2D eigenvalue weighted by Gasteiger charge is 2.38. The van der Waals surface area contributed by atoms with E-state index in [0.717, 1.165) is 17.8 Å². The molecule has 2 bridgehead atoms. The molecule has 0 amide bonds. The Morgan fingerprint density at radius 2 is 1.90 bits per heavy atom. The lowest BCUT2D eigenvalue weighted by Crippen LogP contribution is -2.28. The molecule has 1 saturated carbocycles. The number of benzene rings is 1. The first-order valence-corrected chi connectivity index (χ1v) is 8.80. The third-order valence-electron chi connectivity index (χ3n) is 5.39. The van der Waals surface area contributed by atoms with Gasteiger partial charge in [0.25, 0.3) is 0 Å². The van der Waals surface area contributed by atoms with Gasteiger partial charge in [0, 0.05) is 11.7 Å². The fourth-order valence-corrected chi connectivity index (χ4v) is 4.11. The van der Waals surface area contributed by atoms with Crippen molar-refractivity contribution in [2.24, 2.45) is 17.8 Å². The first kappa shape index (κ1) is 14.7. The quantitative estimate of drug-likeness (QED) is 0.519. The van der Waals surface area contributed by atoms with E-state index in [0.29, 0.717) is 6.04 Å². The van der Waals surface area contributed by atoms with Crippen molar-refractivity contribution in [2.45, 2.75) is 58.4 Å². The van der Waals surface area contributed by atoms with E-state index in [4.69, 9.17) is 0 Å². The number of nitrogens with one attached hydrogen (secondary N) is 1. The van der Waals surface area contributed by atoms with E-state index in [-0.39, 0.29) is 0 Å². The van der Waals surface area contributed by atoms with Crippen LogP contribution in [0.5, 0.6) is 0 Å². The normalized spacial score (nSPS) is 28.0. The van der Waals surface area contributed by atoms with Gasteiger partial charge in [0.1, 0.15) is 0 Å². The zero-order valence-electron chi connectivity index (χ0n) is 13.5. The lowest BCUT2D eigenvalue weighted by Gasteiger charge is -2.27. The average Bonchev–Trinajstić information content (AvgIpc) is 3.12. The molecule has 1 heteroatoms. The monoisotopic (exact) mass is 283 g/mol. The highest BCUT2D eigenvalue weighted by Crippen LogP contribution is 2.45. The van der Waals surface area contributed by atoms with Crippen LogP contribution in [-0.2, 0) is 6.42 Å². The fraction of sp³-hybridized carbons (Fsp3) is 0.600. The van der Waals surface area contributed by atoms with Crippen molar-refractivity contribution >= 4 is 5.69 Å². The molecule has 1 nitrogen and oxygen atoms in total. The van der Waals surface area contributed by atoms with Crippen molar-refractivity contribution in [3.63, 3.8) is 0 Å². The summed E-state index contributed by atoms with van der Waals surface area (Å²) in [4.78, 5) is 0. The number of rotatable bonds is 7. The van der Waals surface area contributed by atoms with Gasteiger partial charge in [-0.2, -0.15) is 0 Å². The standard InChI is InChI=1S/C20H29N/c1-3-4-5-6-16-8-11-19(12-9-16)21-15(2)20-14-17-7-10-18(20)13-17/h7-12,15,17-18,20-21H,3-6,13-14H2,1-2H3. The second-order valence-corrected chi connectivity index (χ2v) is 7.03. The topological polar surface area (TPSA) is 12.0 Å². The van der Waals surface area contributed by atoms with Crippen molar-refractivity contribution in [1.29, 1.82) is 0 Å². The fourth-order valence-electron chi connectivity index (χ4n) is 4.11. The van der Waals surface area contributed by atoms with Crippen LogP contribution in [0.3, 0.4) is 0 Å². The van der Waals surface area contributed by atoms with E-state index in [1.54, 1.807) is 0 Å². The van der Waals surface area contributed by atoms with Gasteiger partial charge in [0.05, 0.1) is 0 Å². The molecule has 2 aliphatic rings. The number of aryl methyl sites for hydroxylation is 1. The molecule has 0 aliphatic heterocycles. The molecule has 21 heavy (non-hydrogen) atoms. The van der Waals surface area contributed by atoms with Crippen LogP contribution < -0.4 is 5.32 Å². The van der Waals surface area contributed by atoms with E-state index in [1.807, 2.05) is 0 Å². The Hall–Kier alpha value is -1.24. The first-order valence-electron chi connectivity index (χ1n) is 8.80. The van der Waals surface area contributed by atoms with Gasteiger partial charge >= 0.3 is 0 Å². The maximum absolute atomic E-state index is 3.73. The summed E-state index contributed by atoms with van der Waals surface area (Å²) in [5.41, 5.74) is 2.76. The Morgan fingerprint density at radius 1 is 1.10 bits per heavy atom. The van der Waals surface area contributed by atoms with Gasteiger partial charge in [-0.15, -0.1) is 0 Å². The van der Waals surface area contributed by atoms with Crippen molar-refractivity contribution in [3.8, 4) is 0 Å². The predicted octanol–water partition coefficient (Wildman–Crippen LogP) is 5.43. The minimum absolute atomic E-state index is 0.580. The molecule has 4 unspecified atom stereocenters. The Morgan fingerprint density at radius 3 is 2.52 bits per heavy atom. The Bertz CT molecular complexity index is 473. The highest BCUT2D eigenvalue weighted by molar-refractivity contribution is 5.45. The van der Waals surface area contributed by atoms with Crippen LogP contribution in [0.2, 0.25) is 0 Å². The summed E-state index contributed by atoms with van der Waals surface area (Å²) in [6.07, 6.45) is 12.8. The lowest BCUT2D eigenvalue weighted by molar-refractivity contribution is 0.400. The van der Waals surface area contributed by atoms with E-state index in [2.05, 4.69) is 55.6 Å². The molecule has 0 saturated heterocycles. The van der Waals surface area contributed by atoms with Gasteiger partial charge in [0.15, 0.2) is 0 Å². The molecular weight excluding hydrogens is 254 g/mol. The van der Waals surface area contributed by atoms with Crippen molar-refractivity contribution in [2.75, 3.05) is 5.32 Å². The molecule has 3 rings (SSSR count). The SMILES string of the molecule is CCCCCc1ccc(NC(C)C2CC3C=CC2C3)cc1. The minimum Gasteiger partial charge on any atom is -0.382 e. The summed E-state index contributed by atoms with van der Waals surface area (Å²) in [5.74, 6) is 2.51. The number of unbranched alkanes of at least 4 members (excludes halogenated alkanes) is 2. The van der Waals surface area contributed by atoms with Crippen LogP contribution in [0.1, 0.15) is 51.5 Å². The molecule has 1 aromatic rings. The summed E-state index contributed by atoms with van der Waals surface area (Å²) in [7, 11) is 0.